The predicted molar refractivity (Wildman–Crippen MR) is 51.5 cm³/mol. The van der Waals surface area contributed by atoms with Gasteiger partial charge in [0.05, 0.1) is 5.56 Å². The molecule has 80 valence electrons. The number of hydrogen-bond donors (Lipinski definition) is 0. The molecule has 0 bridgehead atoms. The normalized spacial score (nSPS) is 11.2. The van der Waals surface area contributed by atoms with Crippen molar-refractivity contribution in [3.05, 3.63) is 41.5 Å². The molecule has 1 aromatic carbocycles. The minimum Gasteiger partial charge on any atom is -0.294 e. The molecule has 0 N–H and O–H groups in total. The van der Waals surface area contributed by atoms with Gasteiger partial charge in [-0.15, -0.1) is 0 Å². The van der Waals surface area contributed by atoms with Crippen LogP contribution in [0.1, 0.15) is 28.4 Å². The molecule has 1 rings (SSSR count). The van der Waals surface area contributed by atoms with E-state index >= 15 is 0 Å². The highest BCUT2D eigenvalue weighted by Crippen LogP contribution is 2.33. The Morgan fingerprint density at radius 1 is 1.40 bits per heavy atom. The largest absolute Gasteiger partial charge is 0.417 e. The summed E-state index contributed by atoms with van der Waals surface area (Å²) in [5.41, 5.74) is -1.02. The van der Waals surface area contributed by atoms with E-state index in [4.69, 9.17) is 0 Å². The van der Waals surface area contributed by atoms with Gasteiger partial charge in [0.2, 0.25) is 0 Å². The van der Waals surface area contributed by atoms with Crippen molar-refractivity contribution in [3.8, 4) is 0 Å². The number of rotatable bonds is 2. The van der Waals surface area contributed by atoms with Crippen LogP contribution in [-0.2, 0) is 6.18 Å². The average molecular weight is 214 g/mol. The fraction of sp³-hybridized carbons (Fsp3) is 0.182. The highest BCUT2D eigenvalue weighted by Gasteiger charge is 2.34. The van der Waals surface area contributed by atoms with E-state index in [0.29, 0.717) is 0 Å². The maximum atomic E-state index is 12.5. The molecule has 1 nitrogen and oxygen atoms in total. The Kier molecular flexibility index (Phi) is 2.98. The standard InChI is InChI=1S/C11H9F3O/c1-3-8-5-4-6-9(11(12,13)14)10(8)7(2)15/h3-6H,1H2,2H3. The van der Waals surface area contributed by atoms with Gasteiger partial charge in [0.25, 0.3) is 0 Å². The minimum atomic E-state index is -4.51. The zero-order chi connectivity index (χ0) is 11.6. The average Bonchev–Trinajstić information content (AvgIpc) is 2.15. The number of hydrogen-bond acceptors (Lipinski definition) is 1. The van der Waals surface area contributed by atoms with Crippen LogP contribution in [0.2, 0.25) is 0 Å². The van der Waals surface area contributed by atoms with Crippen molar-refractivity contribution in [1.82, 2.24) is 0 Å². The van der Waals surface area contributed by atoms with Gasteiger partial charge in [-0.2, -0.15) is 13.2 Å². The lowest BCUT2D eigenvalue weighted by Crippen LogP contribution is -2.12. The molecule has 0 aliphatic rings. The Bertz CT molecular complexity index is 405. The summed E-state index contributed by atoms with van der Waals surface area (Å²) in [7, 11) is 0. The third kappa shape index (κ3) is 2.26. The number of carbonyl (C=O) groups excluding carboxylic acids is 1. The van der Waals surface area contributed by atoms with Crippen LogP contribution < -0.4 is 0 Å². The first-order valence-corrected chi connectivity index (χ1v) is 4.21. The summed E-state index contributed by atoms with van der Waals surface area (Å²) in [6, 6.07) is 3.58. The van der Waals surface area contributed by atoms with Crippen molar-refractivity contribution in [2.24, 2.45) is 0 Å². The van der Waals surface area contributed by atoms with Gasteiger partial charge in [0.15, 0.2) is 5.78 Å². The summed E-state index contributed by atoms with van der Waals surface area (Å²) in [5.74, 6) is -0.613. The Hall–Kier alpha value is -1.58. The highest BCUT2D eigenvalue weighted by molar-refractivity contribution is 5.99. The second-order valence-electron chi connectivity index (χ2n) is 3.03. The first-order chi connectivity index (χ1) is 6.88. The summed E-state index contributed by atoms with van der Waals surface area (Å²) in [5, 5.41) is 0. The molecule has 0 atom stereocenters. The molecule has 0 aliphatic carbocycles. The lowest BCUT2D eigenvalue weighted by molar-refractivity contribution is -0.137. The molecule has 0 heterocycles. The first-order valence-electron chi connectivity index (χ1n) is 4.21. The van der Waals surface area contributed by atoms with E-state index in [9.17, 15) is 18.0 Å². The van der Waals surface area contributed by atoms with E-state index in [-0.39, 0.29) is 11.1 Å². The van der Waals surface area contributed by atoms with Crippen molar-refractivity contribution in [3.63, 3.8) is 0 Å². The lowest BCUT2D eigenvalue weighted by atomic mass is 9.97. The van der Waals surface area contributed by atoms with E-state index in [1.165, 1.54) is 18.2 Å². The van der Waals surface area contributed by atoms with Crippen LogP contribution >= 0.6 is 0 Å². The third-order valence-corrected chi connectivity index (χ3v) is 1.97. The minimum absolute atomic E-state index is 0.206. The van der Waals surface area contributed by atoms with Gasteiger partial charge < -0.3 is 0 Å². The van der Waals surface area contributed by atoms with Crippen LogP contribution in [0.4, 0.5) is 13.2 Å². The van der Waals surface area contributed by atoms with Crippen LogP contribution in [0.3, 0.4) is 0 Å². The number of benzene rings is 1. The molecular formula is C11H9F3O. The van der Waals surface area contributed by atoms with Gasteiger partial charge in [-0.05, 0) is 18.6 Å². The molecule has 15 heavy (non-hydrogen) atoms. The fourth-order valence-electron chi connectivity index (χ4n) is 1.37. The Labute approximate surface area is 85.2 Å². The molecule has 4 heteroatoms. The first kappa shape index (κ1) is 11.5. The summed E-state index contributed by atoms with van der Waals surface area (Å²) in [6.07, 6.45) is -3.27. The van der Waals surface area contributed by atoms with Crippen LogP contribution in [-0.4, -0.2) is 5.78 Å². The summed E-state index contributed by atoms with van der Waals surface area (Å²) in [6.45, 7) is 4.49. The molecule has 0 radical (unpaired) electrons. The molecule has 0 amide bonds. The molecule has 0 fully saturated rings. The van der Waals surface area contributed by atoms with Crippen molar-refractivity contribution >= 4 is 11.9 Å². The van der Waals surface area contributed by atoms with Crippen molar-refractivity contribution < 1.29 is 18.0 Å². The molecule has 1 aromatic rings. The van der Waals surface area contributed by atoms with E-state index in [1.54, 1.807) is 0 Å². The topological polar surface area (TPSA) is 17.1 Å². The molecule has 0 aliphatic heterocycles. The second kappa shape index (κ2) is 3.88. The number of halogens is 3. The third-order valence-electron chi connectivity index (χ3n) is 1.97. The van der Waals surface area contributed by atoms with Crippen LogP contribution in [0.15, 0.2) is 24.8 Å². The molecule has 0 aromatic heterocycles. The van der Waals surface area contributed by atoms with Crippen LogP contribution in [0, 0.1) is 0 Å². The summed E-state index contributed by atoms with van der Waals surface area (Å²) < 4.78 is 37.6. The van der Waals surface area contributed by atoms with E-state index in [0.717, 1.165) is 13.0 Å². The van der Waals surface area contributed by atoms with Gasteiger partial charge in [-0.3, -0.25) is 4.79 Å². The molecule has 0 unspecified atom stereocenters. The van der Waals surface area contributed by atoms with Crippen molar-refractivity contribution in [1.29, 1.82) is 0 Å². The van der Waals surface area contributed by atoms with E-state index in [1.807, 2.05) is 0 Å². The van der Waals surface area contributed by atoms with Gasteiger partial charge in [-0.25, -0.2) is 0 Å². The zero-order valence-corrected chi connectivity index (χ0v) is 8.06. The quantitative estimate of drug-likeness (QED) is 0.688. The van der Waals surface area contributed by atoms with Gasteiger partial charge in [0.1, 0.15) is 0 Å². The summed E-state index contributed by atoms with van der Waals surface area (Å²) >= 11 is 0. The number of alkyl halides is 3. The number of Topliss-reactive ketones (excluding diaryl/α,β-unsaturated/α-hetero) is 1. The second-order valence-corrected chi connectivity index (χ2v) is 3.03. The Balaban J connectivity index is 3.52. The van der Waals surface area contributed by atoms with Gasteiger partial charge in [0, 0.05) is 5.56 Å². The monoisotopic (exact) mass is 214 g/mol. The van der Waals surface area contributed by atoms with Crippen LogP contribution in [0.5, 0.6) is 0 Å². The zero-order valence-electron chi connectivity index (χ0n) is 8.06. The maximum Gasteiger partial charge on any atom is 0.417 e. The van der Waals surface area contributed by atoms with E-state index in [2.05, 4.69) is 6.58 Å². The molecular weight excluding hydrogens is 205 g/mol. The molecule has 0 saturated heterocycles. The molecule has 0 spiro atoms. The fourth-order valence-corrected chi connectivity index (χ4v) is 1.37. The van der Waals surface area contributed by atoms with Crippen LogP contribution in [0.25, 0.3) is 6.08 Å². The van der Waals surface area contributed by atoms with Crippen molar-refractivity contribution in [2.75, 3.05) is 0 Å². The molecule has 0 saturated carbocycles. The Morgan fingerprint density at radius 3 is 2.40 bits per heavy atom. The lowest BCUT2D eigenvalue weighted by Gasteiger charge is -2.12. The van der Waals surface area contributed by atoms with Gasteiger partial charge >= 0.3 is 6.18 Å². The summed E-state index contributed by atoms with van der Waals surface area (Å²) in [4.78, 5) is 11.1. The van der Waals surface area contributed by atoms with Gasteiger partial charge in [-0.1, -0.05) is 24.8 Å². The predicted octanol–water partition coefficient (Wildman–Crippen LogP) is 3.55. The maximum absolute atomic E-state index is 12.5. The number of ketones is 1. The smallest absolute Gasteiger partial charge is 0.294 e. The van der Waals surface area contributed by atoms with Crippen molar-refractivity contribution in [2.45, 2.75) is 13.1 Å². The Morgan fingerprint density at radius 2 is 2.00 bits per heavy atom. The highest BCUT2D eigenvalue weighted by atomic mass is 19.4. The number of carbonyl (C=O) groups is 1. The SMILES string of the molecule is C=Cc1cccc(C(F)(F)F)c1C(C)=O. The van der Waals surface area contributed by atoms with E-state index < -0.39 is 17.5 Å².